The highest BCUT2D eigenvalue weighted by Crippen LogP contribution is 2.11. The van der Waals surface area contributed by atoms with E-state index in [2.05, 4.69) is 16.0 Å². The van der Waals surface area contributed by atoms with Crippen molar-refractivity contribution in [1.82, 2.24) is 16.0 Å². The highest BCUT2D eigenvalue weighted by atomic mass is 16.4. The molecule has 0 saturated carbocycles. The van der Waals surface area contributed by atoms with E-state index in [-0.39, 0.29) is 12.3 Å². The number of nitrogens with two attached hydrogens (primary N) is 2. The molecule has 3 amide bonds. The van der Waals surface area contributed by atoms with Crippen LogP contribution in [0.2, 0.25) is 0 Å². The van der Waals surface area contributed by atoms with Crippen molar-refractivity contribution in [3.63, 3.8) is 0 Å². The summed E-state index contributed by atoms with van der Waals surface area (Å²) in [5.41, 5.74) is 11.3. The van der Waals surface area contributed by atoms with E-state index in [1.807, 2.05) is 0 Å². The van der Waals surface area contributed by atoms with Crippen molar-refractivity contribution in [2.24, 2.45) is 17.4 Å². The average molecular weight is 518 g/mol. The maximum absolute atomic E-state index is 13.1. The third-order valence-corrected chi connectivity index (χ3v) is 5.64. The predicted molar refractivity (Wildman–Crippen MR) is 128 cm³/mol. The number of unbranched alkanes of at least 4 members (excludes halogenated alkanes) is 1. The molecular weight excluding hydrogens is 478 g/mol. The first-order valence-electron chi connectivity index (χ1n) is 11.9. The second kappa shape index (κ2) is 17.2. The lowest BCUT2D eigenvalue weighted by molar-refractivity contribution is -0.144. The molecule has 0 saturated heterocycles. The maximum Gasteiger partial charge on any atom is 0.326 e. The zero-order chi connectivity index (χ0) is 27.8. The van der Waals surface area contributed by atoms with E-state index >= 15 is 0 Å². The van der Waals surface area contributed by atoms with Crippen molar-refractivity contribution < 1.29 is 44.1 Å². The van der Waals surface area contributed by atoms with Crippen LogP contribution in [0.1, 0.15) is 65.2 Å². The summed E-state index contributed by atoms with van der Waals surface area (Å²) in [5.74, 6) is -6.71. The summed E-state index contributed by atoms with van der Waals surface area (Å²) in [4.78, 5) is 71.6. The van der Waals surface area contributed by atoms with Crippen LogP contribution in [0.3, 0.4) is 0 Å². The molecule has 5 atom stereocenters. The molecule has 0 aromatic rings. The third-order valence-electron chi connectivity index (χ3n) is 5.64. The van der Waals surface area contributed by atoms with Gasteiger partial charge in [-0.3, -0.25) is 24.0 Å². The molecule has 0 fully saturated rings. The molecule has 0 aliphatic heterocycles. The highest BCUT2D eigenvalue weighted by Gasteiger charge is 2.32. The van der Waals surface area contributed by atoms with Crippen LogP contribution in [0.4, 0.5) is 0 Å². The van der Waals surface area contributed by atoms with E-state index in [0.29, 0.717) is 32.2 Å². The lowest BCUT2D eigenvalue weighted by Gasteiger charge is -2.28. The lowest BCUT2D eigenvalue weighted by Crippen LogP contribution is -2.58. The predicted octanol–water partition coefficient (Wildman–Crippen LogP) is -1.24. The maximum atomic E-state index is 13.1. The Hall–Kier alpha value is -3.26. The molecule has 0 spiro atoms. The number of carboxylic acids is 3. The zero-order valence-corrected chi connectivity index (χ0v) is 20.7. The number of nitrogens with one attached hydrogen (secondary N) is 3. The lowest BCUT2D eigenvalue weighted by atomic mass is 9.96. The molecule has 0 bridgehead atoms. The number of aliphatic carboxylic acids is 3. The molecule has 0 heterocycles. The molecule has 0 aliphatic rings. The number of carbonyl (C=O) groups excluding carboxylic acids is 3. The Morgan fingerprint density at radius 2 is 1.28 bits per heavy atom. The average Bonchev–Trinajstić information content (AvgIpc) is 2.81. The van der Waals surface area contributed by atoms with E-state index in [9.17, 15) is 33.9 Å². The van der Waals surface area contributed by atoms with Crippen molar-refractivity contribution in [2.75, 3.05) is 6.54 Å². The van der Waals surface area contributed by atoms with Crippen LogP contribution >= 0.6 is 0 Å². The van der Waals surface area contributed by atoms with Gasteiger partial charge in [0.25, 0.3) is 0 Å². The SMILES string of the molecule is CCC(C)C(NC(=O)C(N)CCCCN)C(=O)NC(CCC(=O)O)C(=O)NC(CCC(=O)O)C(=O)O. The Bertz CT molecular complexity index is 777. The van der Waals surface area contributed by atoms with Crippen LogP contribution in [-0.4, -0.2) is 81.7 Å². The minimum absolute atomic E-state index is 0.356. The molecule has 10 N–H and O–H groups in total. The Balaban J connectivity index is 5.56. The topological polar surface area (TPSA) is 251 Å². The number of hydrogen-bond acceptors (Lipinski definition) is 8. The Morgan fingerprint density at radius 3 is 1.75 bits per heavy atom. The third kappa shape index (κ3) is 13.0. The van der Waals surface area contributed by atoms with E-state index in [1.54, 1.807) is 13.8 Å². The minimum Gasteiger partial charge on any atom is -0.481 e. The number of carboxylic acid groups (broad SMARTS) is 3. The minimum atomic E-state index is -1.56. The van der Waals surface area contributed by atoms with Gasteiger partial charge >= 0.3 is 17.9 Å². The van der Waals surface area contributed by atoms with E-state index in [4.69, 9.17) is 21.7 Å². The van der Waals surface area contributed by atoms with Gasteiger partial charge in [0.15, 0.2) is 0 Å². The summed E-state index contributed by atoms with van der Waals surface area (Å²) in [6, 6.07) is -4.98. The summed E-state index contributed by atoms with van der Waals surface area (Å²) in [7, 11) is 0. The number of amides is 3. The van der Waals surface area contributed by atoms with Gasteiger partial charge in [-0.15, -0.1) is 0 Å². The van der Waals surface area contributed by atoms with Gasteiger partial charge in [0.2, 0.25) is 17.7 Å². The zero-order valence-electron chi connectivity index (χ0n) is 20.7. The van der Waals surface area contributed by atoms with Gasteiger partial charge in [0.05, 0.1) is 6.04 Å². The highest BCUT2D eigenvalue weighted by molar-refractivity contribution is 5.94. The normalized spacial score (nSPS) is 15.0. The van der Waals surface area contributed by atoms with Gasteiger partial charge in [0.1, 0.15) is 18.1 Å². The van der Waals surface area contributed by atoms with E-state index < -0.39 is 79.1 Å². The molecule has 0 aliphatic carbocycles. The Kier molecular flexibility index (Phi) is 15.7. The van der Waals surface area contributed by atoms with Gasteiger partial charge in [0, 0.05) is 12.8 Å². The van der Waals surface area contributed by atoms with Gasteiger partial charge in [-0.2, -0.15) is 0 Å². The smallest absolute Gasteiger partial charge is 0.326 e. The fourth-order valence-corrected chi connectivity index (χ4v) is 3.20. The van der Waals surface area contributed by atoms with Crippen LogP contribution in [0.25, 0.3) is 0 Å². The number of hydrogen-bond donors (Lipinski definition) is 8. The van der Waals surface area contributed by atoms with Crippen LogP contribution in [0.15, 0.2) is 0 Å². The van der Waals surface area contributed by atoms with E-state index in [1.165, 1.54) is 0 Å². The molecular formula is C22H39N5O9. The van der Waals surface area contributed by atoms with Gasteiger partial charge in [-0.1, -0.05) is 26.7 Å². The van der Waals surface area contributed by atoms with Crippen molar-refractivity contribution >= 4 is 35.6 Å². The van der Waals surface area contributed by atoms with Gasteiger partial charge in [-0.25, -0.2) is 4.79 Å². The van der Waals surface area contributed by atoms with Crippen LogP contribution in [0, 0.1) is 5.92 Å². The molecule has 14 nitrogen and oxygen atoms in total. The number of carbonyl (C=O) groups is 6. The van der Waals surface area contributed by atoms with Crippen LogP contribution < -0.4 is 27.4 Å². The molecule has 5 unspecified atom stereocenters. The van der Waals surface area contributed by atoms with Crippen molar-refractivity contribution in [1.29, 1.82) is 0 Å². The van der Waals surface area contributed by atoms with Gasteiger partial charge in [-0.05, 0) is 38.1 Å². The van der Waals surface area contributed by atoms with Crippen molar-refractivity contribution in [3.05, 3.63) is 0 Å². The first-order valence-corrected chi connectivity index (χ1v) is 11.9. The Labute approximate surface area is 209 Å². The first-order chi connectivity index (χ1) is 16.8. The monoisotopic (exact) mass is 517 g/mol. The number of rotatable bonds is 19. The second-order valence-corrected chi connectivity index (χ2v) is 8.59. The fourth-order valence-electron chi connectivity index (χ4n) is 3.20. The van der Waals surface area contributed by atoms with E-state index in [0.717, 1.165) is 0 Å². The fraction of sp³-hybridized carbons (Fsp3) is 0.727. The molecule has 0 aromatic carbocycles. The van der Waals surface area contributed by atoms with Crippen LogP contribution in [-0.2, 0) is 28.8 Å². The van der Waals surface area contributed by atoms with Crippen molar-refractivity contribution in [2.45, 2.75) is 89.4 Å². The first kappa shape index (κ1) is 32.7. The summed E-state index contributed by atoms with van der Waals surface area (Å²) < 4.78 is 0. The molecule has 0 radical (unpaired) electrons. The molecule has 206 valence electrons. The second-order valence-electron chi connectivity index (χ2n) is 8.59. The van der Waals surface area contributed by atoms with Gasteiger partial charge < -0.3 is 42.7 Å². The summed E-state index contributed by atoms with van der Waals surface area (Å²) in [6.45, 7) is 3.93. The van der Waals surface area contributed by atoms with Crippen LogP contribution in [0.5, 0.6) is 0 Å². The molecule has 0 rings (SSSR count). The molecule has 0 aromatic heterocycles. The summed E-state index contributed by atoms with van der Waals surface area (Å²) in [5, 5.41) is 34.2. The largest absolute Gasteiger partial charge is 0.481 e. The summed E-state index contributed by atoms with van der Waals surface area (Å²) >= 11 is 0. The molecule has 14 heteroatoms. The summed E-state index contributed by atoms with van der Waals surface area (Å²) in [6.07, 6.45) is 0.309. The van der Waals surface area contributed by atoms with Crippen molar-refractivity contribution in [3.8, 4) is 0 Å². The quantitative estimate of drug-likeness (QED) is 0.0940. The molecule has 36 heavy (non-hydrogen) atoms. The Morgan fingerprint density at radius 1 is 0.750 bits per heavy atom. The standard InChI is InChI=1S/C22H39N5O9/c1-3-12(2)18(27-19(32)13(24)6-4-5-11-23)21(34)25-14(7-9-16(28)29)20(33)26-15(22(35)36)8-10-17(30)31/h12-15,18H,3-11,23-24H2,1-2H3,(H,25,34)(H,26,33)(H,27,32)(H,28,29)(H,30,31)(H,35,36).